The van der Waals surface area contributed by atoms with Gasteiger partial charge in [-0.25, -0.2) is 9.50 Å². The number of aromatic hydroxyl groups is 1. The lowest BCUT2D eigenvalue weighted by Crippen LogP contribution is -2.29. The number of hydrogen-bond donors (Lipinski definition) is 3. The van der Waals surface area contributed by atoms with Gasteiger partial charge in [-0.3, -0.25) is 9.59 Å². The van der Waals surface area contributed by atoms with Gasteiger partial charge in [0.05, 0.1) is 6.61 Å². The third kappa shape index (κ3) is 4.47. The molecule has 0 fully saturated rings. The first-order chi connectivity index (χ1) is 13.1. The van der Waals surface area contributed by atoms with E-state index in [0.29, 0.717) is 17.4 Å². The number of amides is 1. The first kappa shape index (κ1) is 18.5. The van der Waals surface area contributed by atoms with Gasteiger partial charge in [0, 0.05) is 11.8 Å². The molecule has 27 heavy (non-hydrogen) atoms. The number of nitrogens with zero attached hydrogens (tertiary/aromatic N) is 3. The van der Waals surface area contributed by atoms with Gasteiger partial charge in [-0.15, -0.1) is 11.8 Å². The average molecular weight is 388 g/mol. The van der Waals surface area contributed by atoms with E-state index in [4.69, 9.17) is 9.84 Å². The quantitative estimate of drug-likeness (QED) is 0.391. The lowest BCUT2D eigenvalue weighted by atomic mass is 10.2. The van der Waals surface area contributed by atoms with Gasteiger partial charge in [0.15, 0.2) is 5.65 Å². The first-order valence-electron chi connectivity index (χ1n) is 7.92. The topological polar surface area (TPSA) is 126 Å². The van der Waals surface area contributed by atoms with Crippen LogP contribution in [0.5, 0.6) is 11.5 Å². The third-order valence-corrected chi connectivity index (χ3v) is 4.43. The van der Waals surface area contributed by atoms with Crippen LogP contribution in [0, 0.1) is 0 Å². The summed E-state index contributed by atoms with van der Waals surface area (Å²) in [5.41, 5.74) is 0.0167. The maximum Gasteiger partial charge on any atom is 0.322 e. The van der Waals surface area contributed by atoms with Crippen molar-refractivity contribution in [1.29, 1.82) is 0 Å². The van der Waals surface area contributed by atoms with Crippen molar-refractivity contribution in [2.45, 2.75) is 5.03 Å². The van der Waals surface area contributed by atoms with Gasteiger partial charge < -0.3 is 20.3 Å². The van der Waals surface area contributed by atoms with Crippen molar-refractivity contribution < 1.29 is 24.5 Å². The minimum atomic E-state index is -1.19. The van der Waals surface area contributed by atoms with Crippen LogP contribution in [0.1, 0.15) is 10.4 Å². The van der Waals surface area contributed by atoms with Gasteiger partial charge in [-0.05, 0) is 12.1 Å². The van der Waals surface area contributed by atoms with E-state index in [1.165, 1.54) is 28.7 Å². The first-order valence-corrected chi connectivity index (χ1v) is 8.91. The minimum Gasteiger partial charge on any atom is -0.507 e. The molecule has 0 unspecified atom stereocenters. The Morgan fingerprint density at radius 2 is 2.04 bits per heavy atom. The Kier molecular flexibility index (Phi) is 5.77. The molecule has 1 amide bonds. The number of fused-ring (bicyclic) bond motifs is 1. The second-order valence-corrected chi connectivity index (χ2v) is 6.44. The molecule has 3 aromatic rings. The molecule has 10 heteroatoms. The SMILES string of the molecule is O=C(O)CNC(=O)c1c(O)cc(SCCOc2ccccc2)n2ncnc12. The molecule has 0 atom stereocenters. The Bertz CT molecular complexity index is 961. The Morgan fingerprint density at radius 1 is 1.26 bits per heavy atom. The molecule has 0 spiro atoms. The molecule has 0 aliphatic heterocycles. The number of para-hydroxylation sites is 1. The van der Waals surface area contributed by atoms with Gasteiger partial charge in [-0.2, -0.15) is 5.10 Å². The van der Waals surface area contributed by atoms with E-state index < -0.39 is 18.4 Å². The van der Waals surface area contributed by atoms with E-state index >= 15 is 0 Å². The Hall–Kier alpha value is -3.27. The summed E-state index contributed by atoms with van der Waals surface area (Å²) in [4.78, 5) is 26.8. The van der Waals surface area contributed by atoms with Crippen LogP contribution in [-0.2, 0) is 4.79 Å². The molecule has 3 rings (SSSR count). The molecule has 140 valence electrons. The standard InChI is InChI=1S/C17H16N4O5S/c22-12-8-13(27-7-6-26-11-4-2-1-3-5-11)21-16(19-10-20-21)15(12)17(25)18-9-14(23)24/h1-5,8,10,22H,6-7,9H2,(H,18,25)(H,23,24). The van der Waals surface area contributed by atoms with Gasteiger partial charge in [0.1, 0.15) is 35.0 Å². The number of aromatic nitrogens is 3. The van der Waals surface area contributed by atoms with Gasteiger partial charge in [0.25, 0.3) is 5.91 Å². The predicted octanol–water partition coefficient (Wildman–Crippen LogP) is 1.42. The maximum absolute atomic E-state index is 12.2. The molecule has 3 N–H and O–H groups in total. The summed E-state index contributed by atoms with van der Waals surface area (Å²) in [5, 5.41) is 25.8. The van der Waals surface area contributed by atoms with Gasteiger partial charge in [-0.1, -0.05) is 18.2 Å². The van der Waals surface area contributed by atoms with Crippen molar-refractivity contribution in [1.82, 2.24) is 19.9 Å². The van der Waals surface area contributed by atoms with Crippen molar-refractivity contribution in [3.63, 3.8) is 0 Å². The highest BCUT2D eigenvalue weighted by molar-refractivity contribution is 7.99. The highest BCUT2D eigenvalue weighted by atomic mass is 32.2. The number of benzene rings is 1. The molecule has 0 bridgehead atoms. The smallest absolute Gasteiger partial charge is 0.322 e. The largest absolute Gasteiger partial charge is 0.507 e. The molecule has 0 aliphatic carbocycles. The minimum absolute atomic E-state index is 0.126. The number of carboxylic acid groups (broad SMARTS) is 1. The summed E-state index contributed by atoms with van der Waals surface area (Å²) < 4.78 is 7.04. The number of thioether (sulfide) groups is 1. The number of carbonyl (C=O) groups excluding carboxylic acids is 1. The Labute approximate surface area is 158 Å². The lowest BCUT2D eigenvalue weighted by Gasteiger charge is -2.10. The molecule has 0 radical (unpaired) electrons. The molecule has 0 saturated carbocycles. The van der Waals surface area contributed by atoms with Crippen LogP contribution in [0.3, 0.4) is 0 Å². The number of rotatable bonds is 8. The van der Waals surface area contributed by atoms with E-state index in [1.807, 2.05) is 30.3 Å². The maximum atomic E-state index is 12.2. The number of aliphatic carboxylic acids is 1. The van der Waals surface area contributed by atoms with Crippen LogP contribution in [0.25, 0.3) is 5.65 Å². The summed E-state index contributed by atoms with van der Waals surface area (Å²) >= 11 is 1.38. The third-order valence-electron chi connectivity index (χ3n) is 3.47. The van der Waals surface area contributed by atoms with Crippen molar-refractivity contribution in [3.8, 4) is 11.5 Å². The Morgan fingerprint density at radius 3 is 2.78 bits per heavy atom. The summed E-state index contributed by atoms with van der Waals surface area (Å²) in [6.07, 6.45) is 1.26. The number of carboxylic acids is 1. The molecule has 2 aromatic heterocycles. The van der Waals surface area contributed by atoms with Crippen LogP contribution in [0.2, 0.25) is 0 Å². The highest BCUT2D eigenvalue weighted by Crippen LogP contribution is 2.28. The van der Waals surface area contributed by atoms with E-state index in [9.17, 15) is 14.7 Å². The van der Waals surface area contributed by atoms with Crippen LogP contribution >= 0.6 is 11.8 Å². The molecular weight excluding hydrogens is 372 g/mol. The number of hydrogen-bond acceptors (Lipinski definition) is 7. The highest BCUT2D eigenvalue weighted by Gasteiger charge is 2.21. The van der Waals surface area contributed by atoms with Crippen LogP contribution in [-0.4, -0.2) is 55.6 Å². The van der Waals surface area contributed by atoms with Gasteiger partial charge in [0.2, 0.25) is 0 Å². The van der Waals surface area contributed by atoms with Gasteiger partial charge >= 0.3 is 5.97 Å². The second kappa shape index (κ2) is 8.41. The van der Waals surface area contributed by atoms with E-state index in [-0.39, 0.29) is 17.0 Å². The molecule has 9 nitrogen and oxygen atoms in total. The second-order valence-electron chi connectivity index (χ2n) is 5.32. The zero-order valence-corrected chi connectivity index (χ0v) is 14.8. The number of pyridine rings is 1. The van der Waals surface area contributed by atoms with E-state index in [0.717, 1.165) is 5.75 Å². The molecule has 0 aliphatic rings. The average Bonchev–Trinajstić information content (AvgIpc) is 3.13. The number of carbonyl (C=O) groups is 2. The fourth-order valence-electron chi connectivity index (χ4n) is 2.33. The van der Waals surface area contributed by atoms with Crippen molar-refractivity contribution in [2.24, 2.45) is 0 Å². The normalized spacial score (nSPS) is 10.7. The van der Waals surface area contributed by atoms with Crippen LogP contribution < -0.4 is 10.1 Å². The van der Waals surface area contributed by atoms with Crippen LogP contribution in [0.15, 0.2) is 47.8 Å². The zero-order chi connectivity index (χ0) is 19.2. The summed E-state index contributed by atoms with van der Waals surface area (Å²) in [5.74, 6) is -0.890. The molecular formula is C17H16N4O5S. The van der Waals surface area contributed by atoms with E-state index in [2.05, 4.69) is 15.4 Å². The number of ether oxygens (including phenoxy) is 1. The summed E-state index contributed by atoms with van der Waals surface area (Å²) in [7, 11) is 0. The number of nitrogens with one attached hydrogen (secondary N) is 1. The molecule has 0 saturated heterocycles. The fraction of sp³-hybridized carbons (Fsp3) is 0.176. The fourth-order valence-corrected chi connectivity index (χ4v) is 3.15. The van der Waals surface area contributed by atoms with Crippen molar-refractivity contribution >= 4 is 29.3 Å². The zero-order valence-electron chi connectivity index (χ0n) is 14.0. The summed E-state index contributed by atoms with van der Waals surface area (Å²) in [6.45, 7) is -0.127. The van der Waals surface area contributed by atoms with Crippen molar-refractivity contribution in [2.75, 3.05) is 18.9 Å². The van der Waals surface area contributed by atoms with Crippen LogP contribution in [0.4, 0.5) is 0 Å². The Balaban J connectivity index is 1.72. The predicted molar refractivity (Wildman–Crippen MR) is 97.3 cm³/mol. The molecule has 2 heterocycles. The molecule has 1 aromatic carbocycles. The van der Waals surface area contributed by atoms with E-state index in [1.54, 1.807) is 0 Å². The summed E-state index contributed by atoms with van der Waals surface area (Å²) in [6, 6.07) is 10.8. The monoisotopic (exact) mass is 388 g/mol. The lowest BCUT2D eigenvalue weighted by molar-refractivity contribution is -0.135. The van der Waals surface area contributed by atoms with Crippen molar-refractivity contribution in [3.05, 3.63) is 48.3 Å².